The van der Waals surface area contributed by atoms with E-state index < -0.39 is 17.7 Å². The fourth-order valence-corrected chi connectivity index (χ4v) is 3.94. The number of aromatic nitrogens is 2. The molecule has 4 N–H and O–H groups in total. The van der Waals surface area contributed by atoms with Crippen molar-refractivity contribution < 1.29 is 14.3 Å². The second-order valence-corrected chi connectivity index (χ2v) is 7.02. The normalized spacial score (nSPS) is 14.1. The Bertz CT molecular complexity index is 998. The van der Waals surface area contributed by atoms with Crippen LogP contribution in [0, 0.1) is 5.82 Å². The number of fused-ring (bicyclic) bond motifs is 1. The molecule has 0 fully saturated rings. The monoisotopic (exact) mass is 399 g/mol. The summed E-state index contributed by atoms with van der Waals surface area (Å²) in [7, 11) is 4.99. The molecule has 2 aromatic carbocycles. The first-order chi connectivity index (χ1) is 13.9. The highest BCUT2D eigenvalue weighted by atomic mass is 19.1. The minimum Gasteiger partial charge on any atom is -0.479 e. The minimum absolute atomic E-state index is 0.130. The zero-order valence-electron chi connectivity index (χ0n) is 16.9. The molecular formula is C21H26FN5O2. The van der Waals surface area contributed by atoms with Crippen molar-refractivity contribution in [3.8, 4) is 5.69 Å². The Morgan fingerprint density at radius 3 is 2.34 bits per heavy atom. The SMILES string of the molecule is CNC(C(C)c1ccc2c(cnn2-c2ccc(F)cc2)c1)C(NC)(NC)C(=O)O. The smallest absolute Gasteiger partial charge is 0.340 e. The fraction of sp³-hybridized carbons (Fsp3) is 0.333. The lowest BCUT2D eigenvalue weighted by molar-refractivity contribution is -0.148. The van der Waals surface area contributed by atoms with Crippen LogP contribution < -0.4 is 16.0 Å². The molecule has 0 aliphatic heterocycles. The van der Waals surface area contributed by atoms with Gasteiger partial charge in [0.1, 0.15) is 5.82 Å². The van der Waals surface area contributed by atoms with Crippen LogP contribution in [0.25, 0.3) is 16.6 Å². The molecule has 29 heavy (non-hydrogen) atoms. The first-order valence-electron chi connectivity index (χ1n) is 9.40. The summed E-state index contributed by atoms with van der Waals surface area (Å²) in [5.41, 5.74) is 1.30. The van der Waals surface area contributed by atoms with E-state index >= 15 is 0 Å². The van der Waals surface area contributed by atoms with Crippen molar-refractivity contribution in [1.29, 1.82) is 0 Å². The van der Waals surface area contributed by atoms with Crippen molar-refractivity contribution >= 4 is 16.9 Å². The predicted molar refractivity (Wildman–Crippen MR) is 111 cm³/mol. The Balaban J connectivity index is 1.99. The number of nitrogens with zero attached hydrogens (tertiary/aromatic N) is 2. The van der Waals surface area contributed by atoms with E-state index in [1.807, 2.05) is 25.1 Å². The Labute approximate surface area is 168 Å². The number of likely N-dealkylation sites (N-methyl/N-ethyl adjacent to an activating group) is 3. The number of carboxylic acids is 1. The average Bonchev–Trinajstić information content (AvgIpc) is 3.15. The summed E-state index contributed by atoms with van der Waals surface area (Å²) < 4.78 is 15.0. The second kappa shape index (κ2) is 8.28. The number of carboxylic acid groups (broad SMARTS) is 1. The molecule has 3 aromatic rings. The van der Waals surface area contributed by atoms with Gasteiger partial charge in [-0.2, -0.15) is 5.10 Å². The van der Waals surface area contributed by atoms with E-state index in [1.54, 1.807) is 44.2 Å². The van der Waals surface area contributed by atoms with E-state index in [4.69, 9.17) is 0 Å². The van der Waals surface area contributed by atoms with Gasteiger partial charge >= 0.3 is 5.97 Å². The molecule has 0 aliphatic carbocycles. The summed E-state index contributed by atoms with van der Waals surface area (Å²) in [5, 5.41) is 24.2. The zero-order chi connectivity index (χ0) is 21.2. The number of halogens is 1. The van der Waals surface area contributed by atoms with Gasteiger partial charge in [-0.25, -0.2) is 13.9 Å². The Morgan fingerprint density at radius 1 is 1.14 bits per heavy atom. The average molecular weight is 399 g/mol. The third-order valence-corrected chi connectivity index (χ3v) is 5.59. The molecule has 2 unspecified atom stereocenters. The lowest BCUT2D eigenvalue weighted by Crippen LogP contribution is -2.71. The predicted octanol–water partition coefficient (Wildman–Crippen LogP) is 2.08. The molecule has 0 aliphatic rings. The van der Waals surface area contributed by atoms with Crippen molar-refractivity contribution in [3.63, 3.8) is 0 Å². The van der Waals surface area contributed by atoms with Crippen molar-refractivity contribution in [1.82, 2.24) is 25.7 Å². The Morgan fingerprint density at radius 2 is 1.79 bits per heavy atom. The van der Waals surface area contributed by atoms with Gasteiger partial charge in [0.15, 0.2) is 5.66 Å². The third kappa shape index (κ3) is 3.62. The van der Waals surface area contributed by atoms with E-state index in [2.05, 4.69) is 21.0 Å². The molecular weight excluding hydrogens is 373 g/mol. The number of carbonyl (C=O) groups is 1. The highest BCUT2D eigenvalue weighted by Crippen LogP contribution is 2.29. The van der Waals surface area contributed by atoms with E-state index in [0.717, 1.165) is 22.2 Å². The van der Waals surface area contributed by atoms with E-state index in [9.17, 15) is 14.3 Å². The van der Waals surface area contributed by atoms with Crippen molar-refractivity contribution in [2.24, 2.45) is 0 Å². The van der Waals surface area contributed by atoms with Crippen LogP contribution in [0.5, 0.6) is 0 Å². The molecule has 1 heterocycles. The van der Waals surface area contributed by atoms with Crippen LogP contribution in [-0.2, 0) is 4.79 Å². The quantitative estimate of drug-likeness (QED) is 0.434. The molecule has 0 spiro atoms. The number of nitrogens with one attached hydrogen (secondary N) is 3. The summed E-state index contributed by atoms with van der Waals surface area (Å²) >= 11 is 0. The van der Waals surface area contributed by atoms with E-state index in [1.165, 1.54) is 12.1 Å². The molecule has 3 rings (SSSR count). The Kier molecular flexibility index (Phi) is 5.97. The van der Waals surface area contributed by atoms with Crippen LogP contribution in [0.2, 0.25) is 0 Å². The number of hydrogen-bond acceptors (Lipinski definition) is 5. The van der Waals surface area contributed by atoms with Gasteiger partial charge < -0.3 is 10.4 Å². The number of aliphatic carboxylic acids is 1. The lowest BCUT2D eigenvalue weighted by Gasteiger charge is -2.40. The first kappa shape index (κ1) is 20.9. The summed E-state index contributed by atoms with van der Waals surface area (Å²) in [6.45, 7) is 1.99. The van der Waals surface area contributed by atoms with Crippen LogP contribution >= 0.6 is 0 Å². The van der Waals surface area contributed by atoms with Crippen molar-refractivity contribution in [2.75, 3.05) is 21.1 Å². The van der Waals surface area contributed by atoms with Gasteiger partial charge in [0.05, 0.1) is 23.4 Å². The van der Waals surface area contributed by atoms with Crippen LogP contribution in [-0.4, -0.2) is 53.7 Å². The van der Waals surface area contributed by atoms with Gasteiger partial charge in [0, 0.05) is 11.3 Å². The standard InChI is InChI=1S/C21H26FN5O2/c1-13(19(23-2)21(24-3,25-4)20(28)29)14-5-10-18-15(11-14)12-26-27(18)17-8-6-16(22)7-9-17/h5-13,19,23-25H,1-4H3,(H,28,29). The lowest BCUT2D eigenvalue weighted by atomic mass is 9.84. The maximum atomic E-state index is 13.2. The maximum absolute atomic E-state index is 13.2. The van der Waals surface area contributed by atoms with E-state index in [0.29, 0.717) is 0 Å². The maximum Gasteiger partial charge on any atom is 0.340 e. The van der Waals surface area contributed by atoms with Gasteiger partial charge in [-0.1, -0.05) is 13.0 Å². The highest BCUT2D eigenvalue weighted by molar-refractivity contribution is 5.82. The molecule has 0 radical (unpaired) electrons. The van der Waals surface area contributed by atoms with Crippen LogP contribution in [0.15, 0.2) is 48.7 Å². The minimum atomic E-state index is -1.33. The van der Waals surface area contributed by atoms with Gasteiger partial charge in [0.2, 0.25) is 0 Å². The zero-order valence-corrected chi connectivity index (χ0v) is 16.9. The van der Waals surface area contributed by atoms with Crippen LogP contribution in [0.1, 0.15) is 18.4 Å². The van der Waals surface area contributed by atoms with E-state index in [-0.39, 0.29) is 11.7 Å². The van der Waals surface area contributed by atoms with Crippen LogP contribution in [0.4, 0.5) is 4.39 Å². The fourth-order valence-electron chi connectivity index (χ4n) is 3.94. The molecule has 0 amide bonds. The molecule has 154 valence electrons. The Hall–Kier alpha value is -2.81. The second-order valence-electron chi connectivity index (χ2n) is 7.02. The molecule has 0 saturated heterocycles. The summed E-state index contributed by atoms with van der Waals surface area (Å²) in [5.74, 6) is -1.41. The summed E-state index contributed by atoms with van der Waals surface area (Å²) in [4.78, 5) is 12.0. The third-order valence-electron chi connectivity index (χ3n) is 5.59. The van der Waals surface area contributed by atoms with Crippen molar-refractivity contribution in [3.05, 3.63) is 60.0 Å². The van der Waals surface area contributed by atoms with Crippen molar-refractivity contribution in [2.45, 2.75) is 24.5 Å². The molecule has 1 aromatic heterocycles. The van der Waals surface area contributed by atoms with Gasteiger partial charge in [0.25, 0.3) is 0 Å². The summed E-state index contributed by atoms with van der Waals surface area (Å²) in [6, 6.07) is 11.7. The molecule has 0 bridgehead atoms. The molecule has 2 atom stereocenters. The van der Waals surface area contributed by atoms with Gasteiger partial charge in [-0.05, 0) is 63.1 Å². The van der Waals surface area contributed by atoms with Gasteiger partial charge in [-0.15, -0.1) is 0 Å². The number of rotatable bonds is 8. The number of hydrogen-bond donors (Lipinski definition) is 4. The highest BCUT2D eigenvalue weighted by Gasteiger charge is 2.45. The number of benzene rings is 2. The first-order valence-corrected chi connectivity index (χ1v) is 9.40. The molecule has 7 nitrogen and oxygen atoms in total. The molecule has 0 saturated carbocycles. The molecule has 8 heteroatoms. The van der Waals surface area contributed by atoms with Gasteiger partial charge in [-0.3, -0.25) is 10.6 Å². The summed E-state index contributed by atoms with van der Waals surface area (Å²) in [6.07, 6.45) is 1.75. The topological polar surface area (TPSA) is 91.2 Å². The van der Waals surface area contributed by atoms with Crippen LogP contribution in [0.3, 0.4) is 0 Å². The largest absolute Gasteiger partial charge is 0.479 e.